The van der Waals surface area contributed by atoms with Crippen molar-refractivity contribution in [1.82, 2.24) is 68.5 Å². The molecule has 0 aliphatic carbocycles. The number of aromatic amines is 1. The van der Waals surface area contributed by atoms with Gasteiger partial charge in [0.05, 0.1) is 25.6 Å². The van der Waals surface area contributed by atoms with Crippen LogP contribution in [-0.4, -0.2) is 184 Å². The number of primary amides is 1. The van der Waals surface area contributed by atoms with Gasteiger partial charge in [0.25, 0.3) is 0 Å². The number of likely N-dealkylation sites (N-methyl/N-ethyl adjacent to an activating group) is 1. The van der Waals surface area contributed by atoms with E-state index in [4.69, 9.17) is 10.5 Å². The van der Waals surface area contributed by atoms with E-state index in [1.54, 1.807) is 62.4 Å². The summed E-state index contributed by atoms with van der Waals surface area (Å²) in [5.74, 6) is -13.2. The molecule has 3 rings (SSSR count). The first kappa shape index (κ1) is 73.2. The number of nitrogens with two attached hydrogens (primary N) is 1. The van der Waals surface area contributed by atoms with Gasteiger partial charge in [-0.25, -0.2) is 9.78 Å². The Kier molecular flexibility index (Phi) is 30.4. The van der Waals surface area contributed by atoms with Crippen LogP contribution in [-0.2, 0) is 75.1 Å². The number of nitrogens with zero attached hydrogens (tertiary/aromatic N) is 1. The lowest BCUT2D eigenvalue weighted by Gasteiger charge is -2.31. The highest BCUT2D eigenvalue weighted by Crippen LogP contribution is 2.17. The Hall–Kier alpha value is -8.05. The van der Waals surface area contributed by atoms with Crippen molar-refractivity contribution in [2.45, 2.75) is 193 Å². The van der Waals surface area contributed by atoms with E-state index in [1.807, 2.05) is 30.3 Å². The Morgan fingerprint density at radius 1 is 0.621 bits per heavy atom. The molecule has 29 nitrogen and oxygen atoms in total. The zero-order valence-corrected chi connectivity index (χ0v) is 51.6. The largest absolute Gasteiger partial charge is 0.458 e. The fourth-order valence-electron chi connectivity index (χ4n) is 9.16. The number of hydrogen-bond donors (Lipinski definition) is 15. The Bertz CT molecular complexity index is 2650. The van der Waals surface area contributed by atoms with Crippen molar-refractivity contribution in [3.8, 4) is 0 Å². The van der Waals surface area contributed by atoms with Crippen LogP contribution in [0.5, 0.6) is 0 Å². The number of cyclic esters (lactones) is 1. The number of benzene rings is 1. The maximum absolute atomic E-state index is 14.4. The van der Waals surface area contributed by atoms with Crippen LogP contribution in [0.25, 0.3) is 0 Å². The molecule has 11 amide bonds. The minimum Gasteiger partial charge on any atom is -0.458 e. The lowest BCUT2D eigenvalue weighted by Crippen LogP contribution is -2.63. The van der Waals surface area contributed by atoms with Crippen molar-refractivity contribution >= 4 is 70.9 Å². The summed E-state index contributed by atoms with van der Waals surface area (Å²) in [6.07, 6.45) is 2.03. The fourth-order valence-corrected chi connectivity index (χ4v) is 9.16. The summed E-state index contributed by atoms with van der Waals surface area (Å²) in [7, 11) is 1.60. The molecule has 1 fully saturated rings. The first-order valence-electron chi connectivity index (χ1n) is 29.6. The third-order valence-corrected chi connectivity index (χ3v) is 15.8. The molecule has 16 N–H and O–H groups in total. The molecule has 1 aliphatic rings. The number of aromatic nitrogens is 2. The summed E-state index contributed by atoms with van der Waals surface area (Å²) in [4.78, 5) is 172. The van der Waals surface area contributed by atoms with Crippen LogP contribution in [0.1, 0.15) is 119 Å². The van der Waals surface area contributed by atoms with Gasteiger partial charge in [-0.3, -0.25) is 52.7 Å². The Labute approximate surface area is 507 Å². The molecule has 2 aromatic rings. The molecule has 0 spiro atoms. The molecule has 1 aliphatic heterocycles. The van der Waals surface area contributed by atoms with Gasteiger partial charge >= 0.3 is 5.97 Å². The second kappa shape index (κ2) is 36.2. The van der Waals surface area contributed by atoms with E-state index in [1.165, 1.54) is 26.4 Å². The van der Waals surface area contributed by atoms with Crippen LogP contribution in [0.4, 0.5) is 0 Å². The van der Waals surface area contributed by atoms with Crippen LogP contribution in [0.2, 0.25) is 0 Å². The highest BCUT2D eigenvalue weighted by molar-refractivity contribution is 5.99. The standard InChI is InChI=1S/C58H92N14O15/c1-12-29(5)43(69-50(78)38(60-11)23-35-19-17-16-18-20-35)54(82)66-40(26-73)52(80)64-37(21-22-42(59)75)49(77)68-45(31(7)14-3)56(84)70-44(30(6)13-2)55(83)67-41(27-74)53(81)72-47-34(10)87-58(86)46(32(8)15-4)71-51(79)39(24-36-25-61-28-62-36)65-48(76)33(9)63-57(47)85/h16-20,25,28-34,37-41,43-47,60,73-74H,12-15,21-24,26-27H2,1-11H3,(H2,59,75)(H,61,62)(H,63,85)(H,64,80)(H,65,76)(H,66,82)(H,67,83)(H,68,77)(H,69,78)(H,70,84)(H,71,79)(H,72,81)/t29-,30-,31+,32-,33-,34?,37+,38+,39-,40-,41-,43-,44-,45+,46-,47?/m0/s1. The number of ether oxygens (including phenoxy) is 1. The molecule has 29 heteroatoms. The number of rotatable bonds is 32. The molecule has 1 aromatic heterocycles. The van der Waals surface area contributed by atoms with Crippen LogP contribution >= 0.6 is 0 Å². The molecule has 0 radical (unpaired) electrons. The topological polar surface area (TPSA) is 442 Å². The predicted molar refractivity (Wildman–Crippen MR) is 316 cm³/mol. The summed E-state index contributed by atoms with van der Waals surface area (Å²) in [5, 5.41) is 49.3. The maximum Gasteiger partial charge on any atom is 0.329 e. The molecule has 484 valence electrons. The number of aliphatic hydroxyl groups excluding tert-OH is 2. The smallest absolute Gasteiger partial charge is 0.329 e. The number of H-pyrrole nitrogens is 1. The first-order chi connectivity index (χ1) is 41.2. The lowest BCUT2D eigenvalue weighted by molar-refractivity contribution is -0.157. The van der Waals surface area contributed by atoms with Crippen molar-refractivity contribution in [1.29, 1.82) is 0 Å². The van der Waals surface area contributed by atoms with Gasteiger partial charge in [0.15, 0.2) is 0 Å². The van der Waals surface area contributed by atoms with Gasteiger partial charge < -0.3 is 84.2 Å². The van der Waals surface area contributed by atoms with Gasteiger partial charge in [-0.2, -0.15) is 0 Å². The van der Waals surface area contributed by atoms with Crippen molar-refractivity contribution in [2.75, 3.05) is 20.3 Å². The molecule has 0 saturated carbocycles. The quantitative estimate of drug-likeness (QED) is 0.0325. The average Bonchev–Trinajstić information content (AvgIpc) is 4.20. The number of carbonyl (C=O) groups excluding carboxylic acids is 12. The van der Waals surface area contributed by atoms with E-state index in [0.29, 0.717) is 25.0 Å². The SMILES string of the molecule is CC[C@@H](C)[C@@H](NC(=O)[C@@H](CCC(N)=O)NC(=O)[C@H](CO)NC(=O)[C@@H](NC(=O)[C@@H](Cc1ccccc1)NC)[C@@H](C)CC)C(=O)N[C@H](C(=O)N[C@@H](CO)C(=O)NC1C(=O)N[C@@H](C)C(=O)N[C@@H](Cc2cnc[nH]2)C(=O)N[C@@H]([C@@H](C)CC)C(=O)OC1C)[C@@H](C)CC. The Balaban J connectivity index is 1.85. The minimum absolute atomic E-state index is 0.0701. The predicted octanol–water partition coefficient (Wildman–Crippen LogP) is -2.97. The van der Waals surface area contributed by atoms with Gasteiger partial charge in [0, 0.05) is 24.7 Å². The summed E-state index contributed by atoms with van der Waals surface area (Å²) in [6, 6.07) is -6.35. The number of carbonyl (C=O) groups is 12. The number of esters is 1. The molecular weight excluding hydrogens is 1130 g/mol. The summed E-state index contributed by atoms with van der Waals surface area (Å²) >= 11 is 0. The number of hydrogen-bond acceptors (Lipinski definition) is 17. The van der Waals surface area contributed by atoms with E-state index in [-0.39, 0.29) is 19.3 Å². The van der Waals surface area contributed by atoms with Crippen LogP contribution in [0, 0.1) is 23.7 Å². The molecule has 2 unspecified atom stereocenters. The molecule has 1 aromatic carbocycles. The van der Waals surface area contributed by atoms with Crippen molar-refractivity contribution < 1.29 is 72.5 Å². The van der Waals surface area contributed by atoms with Crippen LogP contribution in [0.3, 0.4) is 0 Å². The first-order valence-corrected chi connectivity index (χ1v) is 29.6. The lowest BCUT2D eigenvalue weighted by atomic mass is 9.94. The molecule has 2 heterocycles. The molecule has 16 atom stereocenters. The van der Waals surface area contributed by atoms with Crippen LogP contribution in [0.15, 0.2) is 42.9 Å². The summed E-state index contributed by atoms with van der Waals surface area (Å²) in [6.45, 7) is 14.1. The van der Waals surface area contributed by atoms with Crippen LogP contribution < -0.4 is 64.2 Å². The molecular formula is C58H92N14O15. The Morgan fingerprint density at radius 2 is 1.11 bits per heavy atom. The van der Waals surface area contributed by atoms with Gasteiger partial charge in [-0.1, -0.05) is 111 Å². The van der Waals surface area contributed by atoms with Crippen molar-refractivity contribution in [2.24, 2.45) is 29.4 Å². The number of aliphatic hydroxyl groups is 2. The number of amides is 11. The molecule has 0 bridgehead atoms. The highest BCUT2D eigenvalue weighted by atomic mass is 16.5. The second-order valence-corrected chi connectivity index (χ2v) is 22.3. The monoisotopic (exact) mass is 1220 g/mol. The molecule has 87 heavy (non-hydrogen) atoms. The van der Waals surface area contributed by atoms with Crippen molar-refractivity contribution in [3.05, 3.63) is 54.1 Å². The molecule has 1 saturated heterocycles. The van der Waals surface area contributed by atoms with E-state index in [9.17, 15) is 67.7 Å². The zero-order chi connectivity index (χ0) is 65.2. The van der Waals surface area contributed by atoms with Gasteiger partial charge in [0.1, 0.15) is 66.5 Å². The van der Waals surface area contributed by atoms with Gasteiger partial charge in [0.2, 0.25) is 65.0 Å². The van der Waals surface area contributed by atoms with Crippen molar-refractivity contribution in [3.63, 3.8) is 0 Å². The normalized spacial score (nSPS) is 21.2. The Morgan fingerprint density at radius 3 is 1.60 bits per heavy atom. The third-order valence-electron chi connectivity index (χ3n) is 15.8. The second-order valence-electron chi connectivity index (χ2n) is 22.3. The van der Waals surface area contributed by atoms with Gasteiger partial charge in [-0.15, -0.1) is 0 Å². The summed E-state index contributed by atoms with van der Waals surface area (Å²) < 4.78 is 5.72. The average molecular weight is 1230 g/mol. The van der Waals surface area contributed by atoms with E-state index < -0.39 is 193 Å². The van der Waals surface area contributed by atoms with Gasteiger partial charge in [-0.05, 0) is 63.0 Å². The van der Waals surface area contributed by atoms with E-state index in [0.717, 1.165) is 5.56 Å². The third kappa shape index (κ3) is 22.3. The number of nitrogens with one attached hydrogen (secondary N) is 12. The van der Waals surface area contributed by atoms with E-state index in [2.05, 4.69) is 68.5 Å². The minimum atomic E-state index is -1.82. The zero-order valence-electron chi connectivity index (χ0n) is 51.6. The fraction of sp³-hybridized carbons (Fsp3) is 0.638. The maximum atomic E-state index is 14.4. The highest BCUT2D eigenvalue weighted by Gasteiger charge is 2.41. The van der Waals surface area contributed by atoms with E-state index >= 15 is 0 Å². The summed E-state index contributed by atoms with van der Waals surface area (Å²) in [5.41, 5.74) is 6.78. The number of imidazole rings is 1.